The van der Waals surface area contributed by atoms with Crippen LogP contribution in [-0.4, -0.2) is 29.3 Å². The average molecular weight is 296 g/mol. The summed E-state index contributed by atoms with van der Waals surface area (Å²) >= 11 is 0. The number of aromatic nitrogens is 1. The number of rotatable bonds is 4. The Morgan fingerprint density at radius 1 is 1.50 bits per heavy atom. The van der Waals surface area contributed by atoms with E-state index in [9.17, 15) is 32.9 Å². The molecule has 0 amide bonds. The van der Waals surface area contributed by atoms with Crippen molar-refractivity contribution in [3.05, 3.63) is 32.1 Å². The van der Waals surface area contributed by atoms with Crippen molar-refractivity contribution in [1.82, 2.24) is 4.98 Å². The van der Waals surface area contributed by atoms with E-state index in [-0.39, 0.29) is 0 Å². The Balaban J connectivity index is 3.42. The predicted molar refractivity (Wildman–Crippen MR) is 56.1 cm³/mol. The van der Waals surface area contributed by atoms with Gasteiger partial charge >= 0.3 is 23.7 Å². The van der Waals surface area contributed by atoms with Crippen LogP contribution in [-0.2, 0) is 16.0 Å². The number of esters is 1. The molecule has 110 valence electrons. The first kappa shape index (κ1) is 15.5. The third kappa shape index (κ3) is 3.96. The second-order valence-electron chi connectivity index (χ2n) is 3.39. The maximum atomic E-state index is 12.2. The molecule has 0 aliphatic carbocycles. The highest BCUT2D eigenvalue weighted by Gasteiger charge is 2.36. The quantitative estimate of drug-likeness (QED) is 0.502. The fraction of sp³-hybridized carbons (Fsp3) is 0.333. The Morgan fingerprint density at radius 2 is 2.10 bits per heavy atom. The van der Waals surface area contributed by atoms with Crippen molar-refractivity contribution in [2.24, 2.45) is 0 Å². The van der Waals surface area contributed by atoms with Crippen LogP contribution >= 0.6 is 0 Å². The van der Waals surface area contributed by atoms with Crippen molar-refractivity contribution < 1.29 is 32.4 Å². The van der Waals surface area contributed by atoms with Crippen molar-refractivity contribution in [3.63, 3.8) is 0 Å². The molecule has 0 aliphatic rings. The Hall–Kier alpha value is -2.59. The van der Waals surface area contributed by atoms with E-state index in [1.807, 2.05) is 0 Å². The second kappa shape index (κ2) is 5.59. The topological polar surface area (TPSA) is 112 Å². The van der Waals surface area contributed by atoms with Crippen LogP contribution in [0.2, 0.25) is 0 Å². The molecule has 11 heteroatoms. The number of aromatic amines is 1. The third-order valence-electron chi connectivity index (χ3n) is 2.02. The van der Waals surface area contributed by atoms with Crippen LogP contribution < -0.4 is 10.3 Å². The van der Waals surface area contributed by atoms with E-state index in [1.54, 1.807) is 4.98 Å². The van der Waals surface area contributed by atoms with Gasteiger partial charge in [0.25, 0.3) is 0 Å². The van der Waals surface area contributed by atoms with Gasteiger partial charge in [-0.3, -0.25) is 4.79 Å². The van der Waals surface area contributed by atoms with Crippen molar-refractivity contribution in [3.8, 4) is 5.75 Å². The van der Waals surface area contributed by atoms with Crippen LogP contribution in [0, 0.1) is 10.1 Å². The van der Waals surface area contributed by atoms with Crippen molar-refractivity contribution in [1.29, 1.82) is 0 Å². The van der Waals surface area contributed by atoms with Crippen LogP contribution in [0.1, 0.15) is 5.56 Å². The molecule has 0 aliphatic heterocycles. The van der Waals surface area contributed by atoms with Gasteiger partial charge in [0.1, 0.15) is 0 Å². The van der Waals surface area contributed by atoms with Gasteiger partial charge in [-0.15, -0.1) is 13.2 Å². The number of ether oxygens (including phenoxy) is 2. The summed E-state index contributed by atoms with van der Waals surface area (Å²) in [5.74, 6) is -3.54. The first-order chi connectivity index (χ1) is 9.14. The van der Waals surface area contributed by atoms with Crippen LogP contribution in [0.15, 0.2) is 10.9 Å². The molecule has 0 spiro atoms. The van der Waals surface area contributed by atoms with Gasteiger partial charge in [0, 0.05) is 11.6 Å². The number of pyridine rings is 1. The summed E-state index contributed by atoms with van der Waals surface area (Å²) in [4.78, 5) is 33.2. The molecule has 0 bridgehead atoms. The number of H-pyrrole nitrogens is 1. The van der Waals surface area contributed by atoms with E-state index in [2.05, 4.69) is 9.47 Å². The predicted octanol–water partition coefficient (Wildman–Crippen LogP) is 0.897. The molecular weight excluding hydrogens is 289 g/mol. The first-order valence-electron chi connectivity index (χ1n) is 4.87. The molecule has 0 aromatic carbocycles. The van der Waals surface area contributed by atoms with E-state index in [1.165, 1.54) is 0 Å². The maximum absolute atomic E-state index is 12.2. The minimum absolute atomic E-state index is 0.588. The van der Waals surface area contributed by atoms with Gasteiger partial charge in [-0.25, -0.2) is 9.78 Å². The SMILES string of the molecule is COC(=O)Cc1cc(=O)[nH]c([N+](=O)[O-])c1OC(F)(F)F. The van der Waals surface area contributed by atoms with Gasteiger partial charge in [0.05, 0.1) is 13.5 Å². The van der Waals surface area contributed by atoms with E-state index in [0.29, 0.717) is 6.07 Å². The zero-order valence-electron chi connectivity index (χ0n) is 9.82. The van der Waals surface area contributed by atoms with Gasteiger partial charge in [-0.05, 0) is 4.92 Å². The number of nitrogens with one attached hydrogen (secondary N) is 1. The normalized spacial score (nSPS) is 11.0. The smallest absolute Gasteiger partial charge is 0.469 e. The highest BCUT2D eigenvalue weighted by Crippen LogP contribution is 2.33. The van der Waals surface area contributed by atoms with E-state index in [4.69, 9.17) is 0 Å². The van der Waals surface area contributed by atoms with Gasteiger partial charge < -0.3 is 19.6 Å². The standard InChI is InChI=1S/C9H7F3N2O6/c1-19-6(16)3-4-2-5(15)13-8(14(17)18)7(4)20-9(10,11)12/h2H,3H2,1H3,(H,13,15). The van der Waals surface area contributed by atoms with E-state index in [0.717, 1.165) is 7.11 Å². The Kier molecular flexibility index (Phi) is 4.32. The zero-order chi connectivity index (χ0) is 15.5. The van der Waals surface area contributed by atoms with Crippen LogP contribution in [0.3, 0.4) is 0 Å². The minimum atomic E-state index is -5.23. The number of nitrogens with zero attached hydrogens (tertiary/aromatic N) is 1. The fourth-order valence-corrected chi connectivity index (χ4v) is 1.30. The molecular formula is C9H7F3N2O6. The summed E-state index contributed by atoms with van der Waals surface area (Å²) in [7, 11) is 0.966. The molecule has 0 saturated carbocycles. The molecule has 1 N–H and O–H groups in total. The molecule has 0 atom stereocenters. The highest BCUT2D eigenvalue weighted by atomic mass is 19.4. The Bertz CT molecular complexity index is 594. The summed E-state index contributed by atoms with van der Waals surface area (Å²) in [6, 6.07) is 0.588. The summed E-state index contributed by atoms with van der Waals surface area (Å²) in [5, 5.41) is 10.6. The van der Waals surface area contributed by atoms with Gasteiger partial charge in [-0.1, -0.05) is 0 Å². The molecule has 0 radical (unpaired) electrons. The lowest BCUT2D eigenvalue weighted by molar-refractivity contribution is -0.393. The number of nitro groups is 1. The zero-order valence-corrected chi connectivity index (χ0v) is 9.82. The molecule has 20 heavy (non-hydrogen) atoms. The highest BCUT2D eigenvalue weighted by molar-refractivity contribution is 5.74. The first-order valence-corrected chi connectivity index (χ1v) is 4.87. The molecule has 0 fully saturated rings. The molecule has 1 heterocycles. The van der Waals surface area contributed by atoms with E-state index >= 15 is 0 Å². The number of methoxy groups -OCH3 is 1. The second-order valence-corrected chi connectivity index (χ2v) is 3.39. The monoisotopic (exact) mass is 296 g/mol. The number of carbonyl (C=O) groups excluding carboxylic acids is 1. The lowest BCUT2D eigenvalue weighted by Gasteiger charge is -2.12. The molecule has 1 rings (SSSR count). The van der Waals surface area contributed by atoms with Crippen LogP contribution in [0.4, 0.5) is 19.0 Å². The summed E-state index contributed by atoms with van der Waals surface area (Å²) < 4.78 is 44.4. The van der Waals surface area contributed by atoms with Gasteiger partial charge in [0.2, 0.25) is 5.75 Å². The molecule has 8 nitrogen and oxygen atoms in total. The third-order valence-corrected chi connectivity index (χ3v) is 2.02. The number of hydrogen-bond acceptors (Lipinski definition) is 6. The van der Waals surface area contributed by atoms with Crippen molar-refractivity contribution in [2.75, 3.05) is 7.11 Å². The summed E-state index contributed by atoms with van der Waals surface area (Å²) in [6.45, 7) is 0. The van der Waals surface area contributed by atoms with Crippen LogP contribution in [0.25, 0.3) is 0 Å². The van der Waals surface area contributed by atoms with Crippen molar-refractivity contribution in [2.45, 2.75) is 12.8 Å². The molecule has 1 aromatic heterocycles. The lowest BCUT2D eigenvalue weighted by atomic mass is 10.1. The molecule has 1 aromatic rings. The number of carbonyl (C=O) groups is 1. The van der Waals surface area contributed by atoms with Crippen LogP contribution in [0.5, 0.6) is 5.75 Å². The lowest BCUT2D eigenvalue weighted by Crippen LogP contribution is -2.22. The number of hydrogen-bond donors (Lipinski definition) is 1. The molecule has 0 unspecified atom stereocenters. The minimum Gasteiger partial charge on any atom is -0.469 e. The fourth-order valence-electron chi connectivity index (χ4n) is 1.30. The van der Waals surface area contributed by atoms with Gasteiger partial charge in [0.15, 0.2) is 0 Å². The van der Waals surface area contributed by atoms with E-state index < -0.39 is 46.4 Å². The summed E-state index contributed by atoms with van der Waals surface area (Å²) in [6.07, 6.45) is -6.01. The number of alkyl halides is 3. The van der Waals surface area contributed by atoms with Crippen molar-refractivity contribution >= 4 is 11.8 Å². The Morgan fingerprint density at radius 3 is 2.55 bits per heavy atom. The average Bonchev–Trinajstić information content (AvgIpc) is 2.30. The Labute approximate surface area is 108 Å². The summed E-state index contributed by atoms with van der Waals surface area (Å²) in [5.41, 5.74) is -1.66. The van der Waals surface area contributed by atoms with Gasteiger partial charge in [-0.2, -0.15) is 0 Å². The number of halogens is 3. The molecule has 0 saturated heterocycles. The largest absolute Gasteiger partial charge is 0.573 e. The maximum Gasteiger partial charge on any atom is 0.573 e.